The summed E-state index contributed by atoms with van der Waals surface area (Å²) in [5.41, 5.74) is 2.12. The third-order valence-electron chi connectivity index (χ3n) is 5.11. The first-order valence-corrected chi connectivity index (χ1v) is 11.7. The Morgan fingerprint density at radius 2 is 2.00 bits per heavy atom. The van der Waals surface area contributed by atoms with E-state index in [0.717, 1.165) is 12.8 Å². The van der Waals surface area contributed by atoms with Gasteiger partial charge in [0.2, 0.25) is 0 Å². The predicted octanol–water partition coefficient (Wildman–Crippen LogP) is 0.814. The number of carbonyl (C=O) groups is 1. The molecule has 0 bridgehead atoms. The average Bonchev–Trinajstić information content (AvgIpc) is 3.03. The lowest BCUT2D eigenvalue weighted by molar-refractivity contribution is -0.136. The molecule has 1 fully saturated rings. The first-order chi connectivity index (χ1) is 15.6. The lowest BCUT2D eigenvalue weighted by Gasteiger charge is -2.22. The topological polar surface area (TPSA) is 154 Å². The third kappa shape index (κ3) is 8.05. The standard InChI is InChI=1S/C22H33N3O7S/c1-13(2)5-4-6-14(3)7-8-33-22-24-20(31)15(9-23-10-17(27)28)11-25(22)21-19(30)18(29)16(12-26)32-21/h5,7,11,16,18-19,21,23,26,29-30H,4,6,8-10,12H2,1-3H3,(H,27,28). The maximum Gasteiger partial charge on any atom is 0.317 e. The van der Waals surface area contributed by atoms with Gasteiger partial charge in [-0.2, -0.15) is 4.98 Å². The maximum atomic E-state index is 12.5. The van der Waals surface area contributed by atoms with Crippen molar-refractivity contribution in [2.24, 2.45) is 0 Å². The lowest BCUT2D eigenvalue weighted by Crippen LogP contribution is -2.34. The van der Waals surface area contributed by atoms with Crippen LogP contribution in [0, 0.1) is 0 Å². The number of thioether (sulfide) groups is 1. The van der Waals surface area contributed by atoms with Crippen molar-refractivity contribution in [3.05, 3.63) is 45.4 Å². The van der Waals surface area contributed by atoms with Crippen LogP contribution in [0.4, 0.5) is 0 Å². The molecule has 4 unspecified atom stereocenters. The molecular weight excluding hydrogens is 450 g/mol. The fourth-order valence-corrected chi connectivity index (χ4v) is 4.24. The van der Waals surface area contributed by atoms with Crippen molar-refractivity contribution in [3.8, 4) is 0 Å². The zero-order valence-electron chi connectivity index (χ0n) is 19.1. The van der Waals surface area contributed by atoms with Crippen LogP contribution in [0.3, 0.4) is 0 Å². The molecule has 5 N–H and O–H groups in total. The summed E-state index contributed by atoms with van der Waals surface area (Å²) < 4.78 is 7.08. The van der Waals surface area contributed by atoms with E-state index in [9.17, 15) is 24.9 Å². The van der Waals surface area contributed by atoms with Gasteiger partial charge in [0.25, 0.3) is 5.56 Å². The molecular formula is C22H33N3O7S. The highest BCUT2D eigenvalue weighted by Gasteiger charge is 2.44. The normalized spacial score (nSPS) is 23.0. The summed E-state index contributed by atoms with van der Waals surface area (Å²) in [5, 5.41) is 41.7. The van der Waals surface area contributed by atoms with Gasteiger partial charge in [0, 0.05) is 24.1 Å². The molecule has 10 nitrogen and oxygen atoms in total. The minimum Gasteiger partial charge on any atom is -0.480 e. The van der Waals surface area contributed by atoms with Gasteiger partial charge in [0.15, 0.2) is 11.4 Å². The number of carboxylic acids is 1. The van der Waals surface area contributed by atoms with Gasteiger partial charge in [0.1, 0.15) is 18.3 Å². The van der Waals surface area contributed by atoms with E-state index in [1.807, 2.05) is 13.0 Å². The van der Waals surface area contributed by atoms with E-state index < -0.39 is 42.7 Å². The number of hydrogen-bond acceptors (Lipinski definition) is 9. The van der Waals surface area contributed by atoms with E-state index in [0.29, 0.717) is 5.75 Å². The molecule has 0 saturated carbocycles. The number of carboxylic acid groups (broad SMARTS) is 1. The zero-order chi connectivity index (χ0) is 24.5. The Bertz CT molecular complexity index is 927. The van der Waals surface area contributed by atoms with Crippen molar-refractivity contribution in [2.45, 2.75) is 69.9 Å². The van der Waals surface area contributed by atoms with Crippen LogP contribution < -0.4 is 10.9 Å². The van der Waals surface area contributed by atoms with Crippen LogP contribution in [0.25, 0.3) is 0 Å². The zero-order valence-corrected chi connectivity index (χ0v) is 19.9. The minimum absolute atomic E-state index is 0.0404. The van der Waals surface area contributed by atoms with Crippen LogP contribution in [0.1, 0.15) is 45.4 Å². The molecule has 4 atom stereocenters. The van der Waals surface area contributed by atoms with Crippen molar-refractivity contribution < 1.29 is 30.0 Å². The van der Waals surface area contributed by atoms with Gasteiger partial charge in [-0.1, -0.05) is 35.1 Å². The molecule has 1 aromatic rings. The number of ether oxygens (including phenoxy) is 1. The van der Waals surface area contributed by atoms with Crippen LogP contribution in [0.2, 0.25) is 0 Å². The fourth-order valence-electron chi connectivity index (χ4n) is 3.27. The van der Waals surface area contributed by atoms with E-state index in [1.54, 1.807) is 0 Å². The summed E-state index contributed by atoms with van der Waals surface area (Å²) in [7, 11) is 0. The van der Waals surface area contributed by atoms with Gasteiger partial charge in [-0.05, 0) is 33.6 Å². The molecule has 1 aliphatic heterocycles. The van der Waals surface area contributed by atoms with Crippen molar-refractivity contribution in [3.63, 3.8) is 0 Å². The van der Waals surface area contributed by atoms with E-state index in [2.05, 4.69) is 30.2 Å². The molecule has 1 saturated heterocycles. The molecule has 2 rings (SSSR count). The molecule has 184 valence electrons. The molecule has 11 heteroatoms. The van der Waals surface area contributed by atoms with Gasteiger partial charge >= 0.3 is 5.97 Å². The van der Waals surface area contributed by atoms with Crippen LogP contribution in [-0.2, 0) is 16.1 Å². The second-order valence-corrected chi connectivity index (χ2v) is 9.16. The number of nitrogens with one attached hydrogen (secondary N) is 1. The fraction of sp³-hybridized carbons (Fsp3) is 0.591. The highest BCUT2D eigenvalue weighted by atomic mass is 32.2. The van der Waals surface area contributed by atoms with E-state index in [1.165, 1.54) is 33.7 Å². The summed E-state index contributed by atoms with van der Waals surface area (Å²) in [5.74, 6) is -0.538. The molecule has 2 heterocycles. The average molecular weight is 484 g/mol. The molecule has 1 aromatic heterocycles. The summed E-state index contributed by atoms with van der Waals surface area (Å²) in [6.07, 6.45) is 2.82. The van der Waals surface area contributed by atoms with Crippen molar-refractivity contribution in [1.29, 1.82) is 0 Å². The summed E-state index contributed by atoms with van der Waals surface area (Å²) in [4.78, 5) is 27.4. The number of rotatable bonds is 12. The van der Waals surface area contributed by atoms with Gasteiger partial charge in [0.05, 0.1) is 13.2 Å². The summed E-state index contributed by atoms with van der Waals surface area (Å²) in [6.45, 7) is 5.29. The van der Waals surface area contributed by atoms with Gasteiger partial charge in [-0.3, -0.25) is 14.2 Å². The van der Waals surface area contributed by atoms with Gasteiger partial charge < -0.3 is 30.5 Å². The Hall–Kier alpha value is -2.02. The van der Waals surface area contributed by atoms with E-state index >= 15 is 0 Å². The van der Waals surface area contributed by atoms with E-state index in [-0.39, 0.29) is 23.8 Å². The number of allylic oxidation sites excluding steroid dienone is 3. The van der Waals surface area contributed by atoms with Crippen LogP contribution in [0.5, 0.6) is 0 Å². The number of nitrogens with zero attached hydrogens (tertiary/aromatic N) is 2. The first-order valence-electron chi connectivity index (χ1n) is 10.7. The number of aliphatic hydroxyl groups excluding tert-OH is 3. The number of aromatic nitrogens is 2. The quantitative estimate of drug-likeness (QED) is 0.164. The molecule has 33 heavy (non-hydrogen) atoms. The highest BCUT2D eigenvalue weighted by molar-refractivity contribution is 7.99. The Kier molecular flexibility index (Phi) is 10.7. The lowest BCUT2D eigenvalue weighted by atomic mass is 10.1. The predicted molar refractivity (Wildman–Crippen MR) is 124 cm³/mol. The SMILES string of the molecule is CC(C)=CCCC(C)=CCSc1nc(=O)c(CNCC(=O)O)cn1C1OC(CO)C(O)C1O. The molecule has 0 amide bonds. The molecule has 0 aromatic carbocycles. The Morgan fingerprint density at radius 3 is 2.61 bits per heavy atom. The van der Waals surface area contributed by atoms with E-state index in [4.69, 9.17) is 9.84 Å². The second-order valence-electron chi connectivity index (χ2n) is 8.17. The molecule has 0 aliphatic carbocycles. The largest absolute Gasteiger partial charge is 0.480 e. The van der Waals surface area contributed by atoms with Crippen molar-refractivity contribution in [2.75, 3.05) is 18.9 Å². The summed E-state index contributed by atoms with van der Waals surface area (Å²) >= 11 is 1.28. The number of aliphatic carboxylic acids is 1. The molecule has 0 spiro atoms. The Balaban J connectivity index is 2.25. The minimum atomic E-state index is -1.34. The smallest absolute Gasteiger partial charge is 0.317 e. The maximum absolute atomic E-state index is 12.5. The molecule has 1 aliphatic rings. The summed E-state index contributed by atoms with van der Waals surface area (Å²) in [6, 6.07) is 0. The second kappa shape index (κ2) is 13.0. The van der Waals surface area contributed by atoms with Gasteiger partial charge in [-0.15, -0.1) is 0 Å². The molecule has 0 radical (unpaired) electrons. The number of aliphatic hydroxyl groups is 3. The number of hydrogen-bond donors (Lipinski definition) is 5. The Morgan fingerprint density at radius 1 is 1.27 bits per heavy atom. The van der Waals surface area contributed by atoms with Crippen LogP contribution in [-0.4, -0.2) is 73.2 Å². The third-order valence-corrected chi connectivity index (χ3v) is 6.00. The first kappa shape index (κ1) is 27.2. The highest BCUT2D eigenvalue weighted by Crippen LogP contribution is 2.32. The van der Waals surface area contributed by atoms with Crippen molar-refractivity contribution >= 4 is 17.7 Å². The monoisotopic (exact) mass is 483 g/mol. The van der Waals surface area contributed by atoms with Gasteiger partial charge in [-0.25, -0.2) is 0 Å². The van der Waals surface area contributed by atoms with Crippen molar-refractivity contribution in [1.82, 2.24) is 14.9 Å². The van der Waals surface area contributed by atoms with Crippen LogP contribution >= 0.6 is 11.8 Å². The van der Waals surface area contributed by atoms with Crippen LogP contribution in [0.15, 0.2) is 39.4 Å². The Labute approximate surface area is 197 Å².